The fourth-order valence-corrected chi connectivity index (χ4v) is 1.19. The minimum Gasteiger partial charge on any atom is -0.463 e. The lowest BCUT2D eigenvalue weighted by atomic mass is 10.4. The molecule has 0 amide bonds. The van der Waals surface area contributed by atoms with Crippen molar-refractivity contribution in [3.8, 4) is 0 Å². The first kappa shape index (κ1) is 16.0. The normalized spacial score (nSPS) is 10.2. The molecule has 0 aromatic carbocycles. The maximum Gasteiger partial charge on any atom is 0.302 e. The first-order chi connectivity index (χ1) is 9.68. The number of hydrazone groups is 1. The quantitative estimate of drug-likeness (QED) is 0.188. The van der Waals surface area contributed by atoms with E-state index in [2.05, 4.69) is 20.8 Å². The predicted octanol–water partition coefficient (Wildman–Crippen LogP) is 0.417. The Balaban J connectivity index is 2.06. The SMILES string of the molecule is CC(=O)OCCOCNC(=S)N/N=C/c1ccccn1. The minimum atomic E-state index is -0.331. The fourth-order valence-electron chi connectivity index (χ4n) is 1.08. The molecule has 0 aliphatic carbocycles. The summed E-state index contributed by atoms with van der Waals surface area (Å²) in [7, 11) is 0. The predicted molar refractivity (Wildman–Crippen MR) is 78.2 cm³/mol. The molecule has 0 unspecified atom stereocenters. The molecule has 20 heavy (non-hydrogen) atoms. The van der Waals surface area contributed by atoms with Gasteiger partial charge in [-0.2, -0.15) is 5.10 Å². The molecule has 0 spiro atoms. The highest BCUT2D eigenvalue weighted by Gasteiger charge is 1.94. The van der Waals surface area contributed by atoms with Crippen molar-refractivity contribution in [1.82, 2.24) is 15.7 Å². The summed E-state index contributed by atoms with van der Waals surface area (Å²) in [6, 6.07) is 5.51. The summed E-state index contributed by atoms with van der Waals surface area (Å²) >= 11 is 4.97. The lowest BCUT2D eigenvalue weighted by Gasteiger charge is -2.07. The molecule has 0 aliphatic heterocycles. The second kappa shape index (κ2) is 9.82. The summed E-state index contributed by atoms with van der Waals surface area (Å²) in [5.74, 6) is -0.331. The van der Waals surface area contributed by atoms with Crippen LogP contribution in [0.25, 0.3) is 0 Å². The second-order valence-corrected chi connectivity index (χ2v) is 3.93. The van der Waals surface area contributed by atoms with E-state index in [9.17, 15) is 4.79 Å². The van der Waals surface area contributed by atoms with Crippen LogP contribution in [-0.2, 0) is 14.3 Å². The van der Waals surface area contributed by atoms with Crippen LogP contribution in [0.2, 0.25) is 0 Å². The summed E-state index contributed by atoms with van der Waals surface area (Å²) < 4.78 is 9.83. The van der Waals surface area contributed by atoms with Crippen molar-refractivity contribution in [3.05, 3.63) is 30.1 Å². The number of pyridine rings is 1. The van der Waals surface area contributed by atoms with E-state index >= 15 is 0 Å². The maximum absolute atomic E-state index is 10.5. The average molecular weight is 296 g/mol. The third-order valence-electron chi connectivity index (χ3n) is 1.92. The van der Waals surface area contributed by atoms with E-state index in [0.29, 0.717) is 11.7 Å². The molecule has 108 valence electrons. The van der Waals surface area contributed by atoms with Gasteiger partial charge in [0.05, 0.1) is 18.5 Å². The number of carbonyl (C=O) groups is 1. The summed E-state index contributed by atoms with van der Waals surface area (Å²) in [6.45, 7) is 2.06. The zero-order chi connectivity index (χ0) is 14.6. The highest BCUT2D eigenvalue weighted by Crippen LogP contribution is 1.87. The van der Waals surface area contributed by atoms with Gasteiger partial charge in [-0.3, -0.25) is 15.2 Å². The summed E-state index contributed by atoms with van der Waals surface area (Å²) in [4.78, 5) is 14.5. The number of thiocarbonyl (C=S) groups is 1. The average Bonchev–Trinajstić information content (AvgIpc) is 2.43. The molecule has 0 aliphatic rings. The molecule has 0 saturated carbocycles. The first-order valence-corrected chi connectivity index (χ1v) is 6.28. The van der Waals surface area contributed by atoms with E-state index in [1.54, 1.807) is 12.4 Å². The van der Waals surface area contributed by atoms with Crippen LogP contribution < -0.4 is 10.7 Å². The van der Waals surface area contributed by atoms with E-state index in [1.807, 2.05) is 18.2 Å². The van der Waals surface area contributed by atoms with Crippen LogP contribution in [0, 0.1) is 0 Å². The van der Waals surface area contributed by atoms with Crippen molar-refractivity contribution in [2.24, 2.45) is 5.10 Å². The highest BCUT2D eigenvalue weighted by molar-refractivity contribution is 7.80. The number of ether oxygens (including phenoxy) is 2. The van der Waals surface area contributed by atoms with Gasteiger partial charge in [-0.1, -0.05) is 6.07 Å². The van der Waals surface area contributed by atoms with Gasteiger partial charge in [-0.15, -0.1) is 0 Å². The smallest absolute Gasteiger partial charge is 0.302 e. The van der Waals surface area contributed by atoms with Crippen LogP contribution in [0.15, 0.2) is 29.5 Å². The fraction of sp³-hybridized carbons (Fsp3) is 0.333. The van der Waals surface area contributed by atoms with E-state index in [1.165, 1.54) is 6.92 Å². The lowest BCUT2D eigenvalue weighted by molar-refractivity contribution is -0.142. The summed E-state index contributed by atoms with van der Waals surface area (Å²) in [5.41, 5.74) is 3.35. The Morgan fingerprint density at radius 3 is 3.05 bits per heavy atom. The zero-order valence-electron chi connectivity index (χ0n) is 11.0. The van der Waals surface area contributed by atoms with Crippen LogP contribution >= 0.6 is 12.2 Å². The topological polar surface area (TPSA) is 84.8 Å². The van der Waals surface area contributed by atoms with Crippen molar-refractivity contribution in [3.63, 3.8) is 0 Å². The molecule has 7 nitrogen and oxygen atoms in total. The van der Waals surface area contributed by atoms with Gasteiger partial charge in [0, 0.05) is 13.1 Å². The number of hydrogen-bond donors (Lipinski definition) is 2. The molecule has 1 heterocycles. The largest absolute Gasteiger partial charge is 0.463 e. The highest BCUT2D eigenvalue weighted by atomic mass is 32.1. The Kier molecular flexibility index (Phi) is 7.85. The molecule has 1 rings (SSSR count). The summed E-state index contributed by atoms with van der Waals surface area (Å²) in [6.07, 6.45) is 3.23. The molecule has 0 radical (unpaired) electrons. The second-order valence-electron chi connectivity index (χ2n) is 3.52. The number of hydrogen-bond acceptors (Lipinski definition) is 6. The Morgan fingerprint density at radius 2 is 2.35 bits per heavy atom. The molecule has 8 heteroatoms. The molecular weight excluding hydrogens is 280 g/mol. The molecule has 1 aromatic rings. The first-order valence-electron chi connectivity index (χ1n) is 5.87. The minimum absolute atomic E-state index is 0.201. The van der Waals surface area contributed by atoms with Gasteiger partial charge in [-0.25, -0.2) is 0 Å². The van der Waals surface area contributed by atoms with Gasteiger partial charge in [0.2, 0.25) is 0 Å². The Bertz CT molecular complexity index is 453. The standard InChI is InChI=1S/C12H16N4O3S/c1-10(17)19-7-6-18-9-14-12(20)16-15-8-11-4-2-3-5-13-11/h2-5,8H,6-7,9H2,1H3,(H2,14,16,20)/b15-8+. The number of rotatable bonds is 7. The van der Waals surface area contributed by atoms with Gasteiger partial charge in [0.1, 0.15) is 13.3 Å². The van der Waals surface area contributed by atoms with Crippen molar-refractivity contribution in [2.75, 3.05) is 19.9 Å². The van der Waals surface area contributed by atoms with Gasteiger partial charge in [0.25, 0.3) is 0 Å². The van der Waals surface area contributed by atoms with E-state index in [4.69, 9.17) is 21.7 Å². The molecule has 1 aromatic heterocycles. The van der Waals surface area contributed by atoms with Gasteiger partial charge < -0.3 is 14.8 Å². The van der Waals surface area contributed by atoms with Crippen molar-refractivity contribution < 1.29 is 14.3 Å². The van der Waals surface area contributed by atoms with Crippen molar-refractivity contribution >= 4 is 29.5 Å². The third kappa shape index (κ3) is 8.11. The molecule has 2 N–H and O–H groups in total. The van der Waals surface area contributed by atoms with Crippen LogP contribution in [0.1, 0.15) is 12.6 Å². The van der Waals surface area contributed by atoms with Crippen LogP contribution in [0.3, 0.4) is 0 Å². The van der Waals surface area contributed by atoms with Crippen molar-refractivity contribution in [1.29, 1.82) is 0 Å². The van der Waals surface area contributed by atoms with Gasteiger partial charge >= 0.3 is 5.97 Å². The Hall–Kier alpha value is -2.06. The Morgan fingerprint density at radius 1 is 1.50 bits per heavy atom. The monoisotopic (exact) mass is 296 g/mol. The van der Waals surface area contributed by atoms with E-state index < -0.39 is 0 Å². The van der Waals surface area contributed by atoms with Crippen LogP contribution in [-0.4, -0.2) is 42.2 Å². The molecule has 0 saturated heterocycles. The summed E-state index contributed by atoms with van der Waals surface area (Å²) in [5, 5.41) is 7.02. The number of aromatic nitrogens is 1. The van der Waals surface area contributed by atoms with Gasteiger partial charge in [0.15, 0.2) is 5.11 Å². The van der Waals surface area contributed by atoms with E-state index in [-0.39, 0.29) is 19.3 Å². The van der Waals surface area contributed by atoms with Crippen LogP contribution in [0.5, 0.6) is 0 Å². The Labute approximate surface area is 122 Å². The third-order valence-corrected chi connectivity index (χ3v) is 2.15. The molecule has 0 fully saturated rings. The van der Waals surface area contributed by atoms with E-state index in [0.717, 1.165) is 5.69 Å². The number of nitrogens with zero attached hydrogens (tertiary/aromatic N) is 2. The maximum atomic E-state index is 10.5. The number of nitrogens with one attached hydrogen (secondary N) is 2. The molecular formula is C12H16N4O3S. The van der Waals surface area contributed by atoms with Crippen molar-refractivity contribution in [2.45, 2.75) is 6.92 Å². The zero-order valence-corrected chi connectivity index (χ0v) is 11.9. The van der Waals surface area contributed by atoms with Gasteiger partial charge in [-0.05, 0) is 24.4 Å². The number of esters is 1. The molecule has 0 bridgehead atoms. The molecule has 0 atom stereocenters. The lowest BCUT2D eigenvalue weighted by Crippen LogP contribution is -2.34. The number of carbonyl (C=O) groups excluding carboxylic acids is 1. The van der Waals surface area contributed by atoms with Crippen LogP contribution in [0.4, 0.5) is 0 Å².